The molecule has 0 unspecified atom stereocenters. The Morgan fingerprint density at radius 1 is 1.27 bits per heavy atom. The van der Waals surface area contributed by atoms with E-state index < -0.39 is 0 Å². The van der Waals surface area contributed by atoms with Crippen LogP contribution in [-0.4, -0.2) is 12.6 Å². The summed E-state index contributed by atoms with van der Waals surface area (Å²) >= 11 is 0. The Hall–Kier alpha value is -1.05. The Bertz CT molecular complexity index is 217. The van der Waals surface area contributed by atoms with Crippen molar-refractivity contribution in [1.82, 2.24) is 0 Å². The van der Waals surface area contributed by atoms with Gasteiger partial charge < -0.3 is 4.74 Å². The molecule has 0 aliphatic heterocycles. The van der Waals surface area contributed by atoms with E-state index in [4.69, 9.17) is 4.74 Å². The fraction of sp³-hybridized carbons (Fsp3) is 0.615. The van der Waals surface area contributed by atoms with Gasteiger partial charge in [0.15, 0.2) is 0 Å². The van der Waals surface area contributed by atoms with Crippen molar-refractivity contribution in [2.75, 3.05) is 6.61 Å². The van der Waals surface area contributed by atoms with Crippen LogP contribution in [0.4, 0.5) is 0 Å². The first-order chi connectivity index (χ1) is 7.18. The molecule has 2 heteroatoms. The van der Waals surface area contributed by atoms with Crippen molar-refractivity contribution in [2.24, 2.45) is 0 Å². The molecule has 86 valence electrons. The van der Waals surface area contributed by atoms with Crippen molar-refractivity contribution in [1.29, 1.82) is 0 Å². The van der Waals surface area contributed by atoms with E-state index in [1.54, 1.807) is 6.92 Å². The van der Waals surface area contributed by atoms with Crippen LogP contribution in [0.3, 0.4) is 0 Å². The van der Waals surface area contributed by atoms with Crippen molar-refractivity contribution in [2.45, 2.75) is 46.0 Å². The summed E-state index contributed by atoms with van der Waals surface area (Å²) in [6.45, 7) is 7.85. The zero-order valence-electron chi connectivity index (χ0n) is 9.92. The van der Waals surface area contributed by atoms with Crippen LogP contribution in [-0.2, 0) is 9.53 Å². The van der Waals surface area contributed by atoms with Gasteiger partial charge in [0.2, 0.25) is 0 Å². The van der Waals surface area contributed by atoms with Crippen LogP contribution in [0.2, 0.25) is 0 Å². The van der Waals surface area contributed by atoms with Crippen molar-refractivity contribution >= 4 is 5.97 Å². The molecular weight excluding hydrogens is 188 g/mol. The van der Waals surface area contributed by atoms with Gasteiger partial charge in [0.05, 0.1) is 6.61 Å². The van der Waals surface area contributed by atoms with Crippen molar-refractivity contribution in [3.05, 3.63) is 24.3 Å². The Balaban J connectivity index is 3.28. The van der Waals surface area contributed by atoms with Gasteiger partial charge in [-0.25, -0.2) is 4.79 Å². The predicted molar refractivity (Wildman–Crippen MR) is 63.7 cm³/mol. The number of allylic oxidation sites excluding steroid dienone is 2. The topological polar surface area (TPSA) is 26.3 Å². The lowest BCUT2D eigenvalue weighted by Gasteiger charge is -2.01. The summed E-state index contributed by atoms with van der Waals surface area (Å²) in [5, 5.41) is 0. The molecule has 0 amide bonds. The van der Waals surface area contributed by atoms with Gasteiger partial charge in [-0.2, -0.15) is 0 Å². The van der Waals surface area contributed by atoms with Crippen molar-refractivity contribution < 1.29 is 9.53 Å². The van der Waals surface area contributed by atoms with Gasteiger partial charge in [-0.1, -0.05) is 38.5 Å². The molecule has 0 spiro atoms. The van der Waals surface area contributed by atoms with Crippen LogP contribution in [0.15, 0.2) is 24.3 Å². The molecule has 0 rings (SSSR count). The Morgan fingerprint density at radius 2 is 1.87 bits per heavy atom. The standard InChI is InChI=1S/C13H22O2/c1-4-5-6-7-8-9-10-11-15-13(14)12(2)3/h7-8H,2,4-6,9-11H2,1,3H3/b8-7+. The monoisotopic (exact) mass is 210 g/mol. The smallest absolute Gasteiger partial charge is 0.333 e. The number of esters is 1. The average Bonchev–Trinajstić information content (AvgIpc) is 2.21. The molecule has 15 heavy (non-hydrogen) atoms. The first kappa shape index (κ1) is 13.9. The van der Waals surface area contributed by atoms with Crippen LogP contribution in [0.1, 0.15) is 46.0 Å². The van der Waals surface area contributed by atoms with E-state index in [2.05, 4.69) is 25.7 Å². The zero-order chi connectivity index (χ0) is 11.5. The normalized spacial score (nSPS) is 10.5. The molecule has 2 nitrogen and oxygen atoms in total. The number of ether oxygens (including phenoxy) is 1. The van der Waals surface area contributed by atoms with Crippen molar-refractivity contribution in [3.8, 4) is 0 Å². The third-order valence-electron chi connectivity index (χ3n) is 1.99. The molecule has 0 aliphatic rings. The second-order valence-electron chi connectivity index (χ2n) is 3.67. The van der Waals surface area contributed by atoms with Crippen LogP contribution < -0.4 is 0 Å². The molecule has 0 N–H and O–H groups in total. The molecular formula is C13H22O2. The van der Waals surface area contributed by atoms with Crippen molar-refractivity contribution in [3.63, 3.8) is 0 Å². The molecule has 0 saturated heterocycles. The molecule has 0 bridgehead atoms. The molecule has 0 aromatic carbocycles. The SMILES string of the molecule is C=C(C)C(=O)OCCC/C=C/CCCC. The molecule has 0 heterocycles. The Kier molecular flexibility index (Phi) is 8.84. The van der Waals surface area contributed by atoms with Crippen LogP contribution >= 0.6 is 0 Å². The number of unbranched alkanes of at least 4 members (excludes halogenated alkanes) is 3. The molecule has 0 atom stereocenters. The molecule has 0 fully saturated rings. The van der Waals surface area contributed by atoms with Gasteiger partial charge in [0, 0.05) is 5.57 Å². The number of rotatable bonds is 8. The van der Waals surface area contributed by atoms with Gasteiger partial charge in [-0.3, -0.25) is 0 Å². The van der Waals surface area contributed by atoms with Crippen LogP contribution in [0, 0.1) is 0 Å². The lowest BCUT2D eigenvalue weighted by molar-refractivity contribution is -0.139. The quantitative estimate of drug-likeness (QED) is 0.265. The first-order valence-electron chi connectivity index (χ1n) is 5.66. The van der Waals surface area contributed by atoms with E-state index in [9.17, 15) is 4.79 Å². The zero-order valence-corrected chi connectivity index (χ0v) is 9.92. The minimum absolute atomic E-state index is 0.287. The van der Waals surface area contributed by atoms with E-state index in [1.807, 2.05) is 0 Å². The minimum Gasteiger partial charge on any atom is -0.462 e. The van der Waals surface area contributed by atoms with E-state index in [1.165, 1.54) is 12.8 Å². The summed E-state index contributed by atoms with van der Waals surface area (Å²) in [6, 6.07) is 0. The number of carbonyl (C=O) groups is 1. The van der Waals surface area contributed by atoms with Gasteiger partial charge in [-0.15, -0.1) is 0 Å². The lowest BCUT2D eigenvalue weighted by atomic mass is 10.2. The highest BCUT2D eigenvalue weighted by atomic mass is 16.5. The summed E-state index contributed by atoms with van der Waals surface area (Å²) in [5.74, 6) is -0.287. The third kappa shape index (κ3) is 9.26. The summed E-state index contributed by atoms with van der Waals surface area (Å²) in [4.78, 5) is 11.0. The summed E-state index contributed by atoms with van der Waals surface area (Å²) < 4.78 is 4.96. The summed E-state index contributed by atoms with van der Waals surface area (Å²) in [6.07, 6.45) is 9.87. The average molecular weight is 210 g/mol. The second kappa shape index (κ2) is 9.50. The highest BCUT2D eigenvalue weighted by molar-refractivity contribution is 5.86. The Morgan fingerprint density at radius 3 is 2.40 bits per heavy atom. The first-order valence-corrected chi connectivity index (χ1v) is 5.66. The fourth-order valence-corrected chi connectivity index (χ4v) is 1.05. The second-order valence-corrected chi connectivity index (χ2v) is 3.67. The molecule has 0 aliphatic carbocycles. The molecule has 0 saturated carbocycles. The van der Waals surface area contributed by atoms with Crippen LogP contribution in [0.5, 0.6) is 0 Å². The van der Waals surface area contributed by atoms with E-state index in [-0.39, 0.29) is 5.97 Å². The maximum Gasteiger partial charge on any atom is 0.333 e. The largest absolute Gasteiger partial charge is 0.462 e. The van der Waals surface area contributed by atoms with E-state index in [0.29, 0.717) is 12.2 Å². The van der Waals surface area contributed by atoms with Gasteiger partial charge in [0.1, 0.15) is 0 Å². The molecule has 0 radical (unpaired) electrons. The summed E-state index contributed by atoms with van der Waals surface area (Å²) in [7, 11) is 0. The third-order valence-corrected chi connectivity index (χ3v) is 1.99. The van der Waals surface area contributed by atoms with E-state index in [0.717, 1.165) is 19.3 Å². The highest BCUT2D eigenvalue weighted by Gasteiger charge is 2.00. The minimum atomic E-state index is -0.287. The van der Waals surface area contributed by atoms with Gasteiger partial charge >= 0.3 is 5.97 Å². The lowest BCUT2D eigenvalue weighted by Crippen LogP contribution is -2.05. The highest BCUT2D eigenvalue weighted by Crippen LogP contribution is 1.99. The van der Waals surface area contributed by atoms with Gasteiger partial charge in [0.25, 0.3) is 0 Å². The summed E-state index contributed by atoms with van der Waals surface area (Å²) in [5.41, 5.74) is 0.466. The maximum atomic E-state index is 11.0. The Labute approximate surface area is 93.0 Å². The van der Waals surface area contributed by atoms with Crippen LogP contribution in [0.25, 0.3) is 0 Å². The number of carbonyl (C=O) groups excluding carboxylic acids is 1. The molecule has 0 aromatic heterocycles. The van der Waals surface area contributed by atoms with Gasteiger partial charge in [-0.05, 0) is 26.2 Å². The number of hydrogen-bond donors (Lipinski definition) is 0. The maximum absolute atomic E-state index is 11.0. The molecule has 0 aromatic rings. The number of hydrogen-bond acceptors (Lipinski definition) is 2. The fourth-order valence-electron chi connectivity index (χ4n) is 1.05. The van der Waals surface area contributed by atoms with E-state index >= 15 is 0 Å². The predicted octanol–water partition coefficient (Wildman–Crippen LogP) is 3.63.